The largest absolute Gasteiger partial charge is 0.514 e. The Labute approximate surface area is 223 Å². The molecule has 0 heterocycles. The van der Waals surface area contributed by atoms with Gasteiger partial charge in [-0.3, -0.25) is 4.79 Å². The standard InChI is InChI=1S/C26H39NO11/c1-15(2)34-24(30)37-20-10-9-18(12-21(20)38-25(31)35-16(3)4)11-19(27)22(28)32-13-17(5)36-23(29)33-14-26(6,7)8/h9-10,12,15-17,19H,11,13-14,27H2,1-8H3/t17-,19-/m0/s1. The Morgan fingerprint density at radius 3 is 1.87 bits per heavy atom. The Morgan fingerprint density at radius 1 is 0.789 bits per heavy atom. The third-order valence-electron chi connectivity index (χ3n) is 4.20. The molecule has 214 valence electrons. The Balaban J connectivity index is 2.79. The molecule has 0 fully saturated rings. The molecule has 0 saturated carbocycles. The molecule has 0 radical (unpaired) electrons. The van der Waals surface area contributed by atoms with Crippen LogP contribution in [0.25, 0.3) is 0 Å². The number of hydrogen-bond donors (Lipinski definition) is 1. The summed E-state index contributed by atoms with van der Waals surface area (Å²) < 4.78 is 35.5. The second kappa shape index (κ2) is 15.0. The van der Waals surface area contributed by atoms with Gasteiger partial charge in [0.2, 0.25) is 0 Å². The molecule has 1 rings (SSSR count). The van der Waals surface area contributed by atoms with Crippen molar-refractivity contribution >= 4 is 24.4 Å². The molecule has 0 spiro atoms. The summed E-state index contributed by atoms with van der Waals surface area (Å²) in [6.07, 6.45) is -4.51. The van der Waals surface area contributed by atoms with Gasteiger partial charge in [-0.05, 0) is 64.2 Å². The summed E-state index contributed by atoms with van der Waals surface area (Å²) in [4.78, 5) is 48.1. The lowest BCUT2D eigenvalue weighted by Gasteiger charge is -2.19. The number of ether oxygens (including phenoxy) is 7. The summed E-state index contributed by atoms with van der Waals surface area (Å²) in [5.74, 6) is -0.975. The third kappa shape index (κ3) is 13.7. The van der Waals surface area contributed by atoms with Gasteiger partial charge in [-0.25, -0.2) is 14.4 Å². The second-order valence-corrected chi connectivity index (χ2v) is 10.3. The van der Waals surface area contributed by atoms with Crippen LogP contribution in [0.1, 0.15) is 61.0 Å². The zero-order valence-corrected chi connectivity index (χ0v) is 23.2. The molecule has 12 nitrogen and oxygen atoms in total. The van der Waals surface area contributed by atoms with Crippen molar-refractivity contribution in [3.63, 3.8) is 0 Å². The molecule has 0 amide bonds. The maximum atomic E-state index is 12.4. The molecule has 1 aromatic carbocycles. The Hall–Kier alpha value is -3.54. The number of nitrogens with two attached hydrogens (primary N) is 1. The number of rotatable bonds is 11. The van der Waals surface area contributed by atoms with E-state index in [2.05, 4.69) is 0 Å². The first-order valence-corrected chi connectivity index (χ1v) is 12.2. The lowest BCUT2D eigenvalue weighted by molar-refractivity contribution is -0.148. The smallest absolute Gasteiger partial charge is 0.461 e. The van der Waals surface area contributed by atoms with Gasteiger partial charge in [0, 0.05) is 0 Å². The van der Waals surface area contributed by atoms with Crippen LogP contribution in [-0.4, -0.2) is 62.0 Å². The van der Waals surface area contributed by atoms with Crippen molar-refractivity contribution in [1.82, 2.24) is 0 Å². The van der Waals surface area contributed by atoms with E-state index >= 15 is 0 Å². The Kier molecular flexibility index (Phi) is 12.8. The first-order valence-electron chi connectivity index (χ1n) is 12.2. The summed E-state index contributed by atoms with van der Waals surface area (Å²) in [5, 5.41) is 0. The number of carbonyl (C=O) groups is 4. The summed E-state index contributed by atoms with van der Waals surface area (Å²) in [6, 6.07) is 3.18. The quantitative estimate of drug-likeness (QED) is 0.237. The Bertz CT molecular complexity index is 953. The van der Waals surface area contributed by atoms with Gasteiger partial charge in [-0.2, -0.15) is 0 Å². The highest BCUT2D eigenvalue weighted by Crippen LogP contribution is 2.30. The first-order chi connectivity index (χ1) is 17.6. The molecule has 0 aliphatic carbocycles. The van der Waals surface area contributed by atoms with Crippen LogP contribution in [0.3, 0.4) is 0 Å². The van der Waals surface area contributed by atoms with Gasteiger partial charge in [0.15, 0.2) is 11.5 Å². The van der Waals surface area contributed by atoms with E-state index in [4.69, 9.17) is 38.9 Å². The van der Waals surface area contributed by atoms with Crippen LogP contribution in [0.2, 0.25) is 0 Å². The van der Waals surface area contributed by atoms with Crippen LogP contribution in [0.4, 0.5) is 14.4 Å². The van der Waals surface area contributed by atoms with Gasteiger partial charge in [-0.1, -0.05) is 26.8 Å². The van der Waals surface area contributed by atoms with Crippen LogP contribution >= 0.6 is 0 Å². The zero-order chi connectivity index (χ0) is 29.0. The number of esters is 1. The van der Waals surface area contributed by atoms with Crippen LogP contribution in [0.5, 0.6) is 11.5 Å². The maximum absolute atomic E-state index is 12.4. The fourth-order valence-electron chi connectivity index (χ4n) is 2.61. The van der Waals surface area contributed by atoms with Crippen LogP contribution < -0.4 is 15.2 Å². The van der Waals surface area contributed by atoms with Crippen molar-refractivity contribution < 1.29 is 52.3 Å². The highest BCUT2D eigenvalue weighted by atomic mass is 16.8. The zero-order valence-electron chi connectivity index (χ0n) is 23.2. The minimum atomic E-state index is -1.09. The van der Waals surface area contributed by atoms with E-state index in [9.17, 15) is 19.2 Å². The van der Waals surface area contributed by atoms with Crippen molar-refractivity contribution in [3.05, 3.63) is 23.8 Å². The summed E-state index contributed by atoms with van der Waals surface area (Å²) >= 11 is 0. The minimum Gasteiger partial charge on any atom is -0.461 e. The third-order valence-corrected chi connectivity index (χ3v) is 4.20. The van der Waals surface area contributed by atoms with E-state index in [0.717, 1.165) is 0 Å². The highest BCUT2D eigenvalue weighted by Gasteiger charge is 2.22. The molecule has 0 aliphatic rings. The summed E-state index contributed by atoms with van der Waals surface area (Å²) in [6.45, 7) is 13.8. The van der Waals surface area contributed by atoms with Gasteiger partial charge in [0.1, 0.15) is 18.8 Å². The molecule has 12 heteroatoms. The molecule has 2 atom stereocenters. The van der Waals surface area contributed by atoms with Crippen molar-refractivity contribution in [2.75, 3.05) is 13.2 Å². The molecule has 1 aromatic rings. The van der Waals surface area contributed by atoms with Gasteiger partial charge in [0.25, 0.3) is 0 Å². The molecule has 0 saturated heterocycles. The lowest BCUT2D eigenvalue weighted by atomic mass is 9.99. The molecule has 0 unspecified atom stereocenters. The van der Waals surface area contributed by atoms with Crippen molar-refractivity contribution in [1.29, 1.82) is 0 Å². The van der Waals surface area contributed by atoms with Gasteiger partial charge in [0.05, 0.1) is 18.8 Å². The predicted molar refractivity (Wildman–Crippen MR) is 135 cm³/mol. The van der Waals surface area contributed by atoms with Crippen LogP contribution in [0.15, 0.2) is 18.2 Å². The fourth-order valence-corrected chi connectivity index (χ4v) is 2.61. The monoisotopic (exact) mass is 541 g/mol. The number of hydrogen-bond acceptors (Lipinski definition) is 12. The van der Waals surface area contributed by atoms with Crippen molar-refractivity contribution in [2.24, 2.45) is 11.1 Å². The number of benzene rings is 1. The highest BCUT2D eigenvalue weighted by molar-refractivity contribution is 5.76. The van der Waals surface area contributed by atoms with Crippen LogP contribution in [0, 0.1) is 5.41 Å². The van der Waals surface area contributed by atoms with E-state index < -0.39 is 48.8 Å². The SMILES string of the molecule is CC(C)OC(=O)Oc1ccc(C[C@H](N)C(=O)OC[C@H](C)OC(=O)OCC(C)(C)C)cc1OC(=O)OC(C)C. The van der Waals surface area contributed by atoms with E-state index in [1.165, 1.54) is 18.2 Å². The topological polar surface area (TPSA) is 159 Å². The van der Waals surface area contributed by atoms with E-state index in [1.807, 2.05) is 20.8 Å². The van der Waals surface area contributed by atoms with E-state index in [-0.39, 0.29) is 36.5 Å². The van der Waals surface area contributed by atoms with Crippen molar-refractivity contribution in [2.45, 2.75) is 86.2 Å². The first kappa shape index (κ1) is 32.5. The van der Waals surface area contributed by atoms with E-state index in [0.29, 0.717) is 5.56 Å². The summed E-state index contributed by atoms with van der Waals surface area (Å²) in [7, 11) is 0. The molecular weight excluding hydrogens is 502 g/mol. The molecule has 0 aromatic heterocycles. The normalized spacial score (nSPS) is 12.8. The molecule has 38 heavy (non-hydrogen) atoms. The molecule has 2 N–H and O–H groups in total. The average Bonchev–Trinajstić information content (AvgIpc) is 2.76. The lowest BCUT2D eigenvalue weighted by Crippen LogP contribution is -2.36. The van der Waals surface area contributed by atoms with Crippen molar-refractivity contribution in [3.8, 4) is 11.5 Å². The number of carbonyl (C=O) groups excluding carboxylic acids is 4. The van der Waals surface area contributed by atoms with Gasteiger partial charge in [-0.15, -0.1) is 0 Å². The molecular formula is C26H39NO11. The predicted octanol–water partition coefficient (Wildman–Crippen LogP) is 4.54. The second-order valence-electron chi connectivity index (χ2n) is 10.3. The van der Waals surface area contributed by atoms with Gasteiger partial charge >= 0.3 is 24.4 Å². The molecule has 0 aliphatic heterocycles. The minimum absolute atomic E-state index is 0.00595. The fraction of sp³-hybridized carbons (Fsp3) is 0.615. The van der Waals surface area contributed by atoms with E-state index in [1.54, 1.807) is 34.6 Å². The van der Waals surface area contributed by atoms with Crippen LogP contribution in [-0.2, 0) is 34.9 Å². The van der Waals surface area contributed by atoms with Gasteiger partial charge < -0.3 is 38.9 Å². The molecule has 0 bridgehead atoms. The Morgan fingerprint density at radius 2 is 1.34 bits per heavy atom. The maximum Gasteiger partial charge on any atom is 0.514 e. The average molecular weight is 542 g/mol. The summed E-state index contributed by atoms with van der Waals surface area (Å²) in [5.41, 5.74) is 6.23.